The zero-order valence-corrected chi connectivity index (χ0v) is 18.6. The summed E-state index contributed by atoms with van der Waals surface area (Å²) in [4.78, 5) is 38.3. The standard InChI is InChI=1S/C25H30N2O5/c1-3-31-25(30)32-22-9-7-21(8-10-22)24(29)26-17-19-11-13-27(14-12-19)23(28)16-20-6-4-5-18(2)15-20/h4-10,15,19H,3,11-14,16-17H2,1-2H3,(H,26,29). The van der Waals surface area contributed by atoms with Gasteiger partial charge in [-0.15, -0.1) is 0 Å². The number of carbonyl (C=O) groups excluding carboxylic acids is 3. The maximum absolute atomic E-state index is 12.6. The number of benzene rings is 2. The summed E-state index contributed by atoms with van der Waals surface area (Å²) in [6.45, 7) is 5.95. The molecule has 0 unspecified atom stereocenters. The van der Waals surface area contributed by atoms with E-state index in [4.69, 9.17) is 9.47 Å². The number of piperidine rings is 1. The highest BCUT2D eigenvalue weighted by Crippen LogP contribution is 2.18. The number of carbonyl (C=O) groups is 3. The molecule has 1 aliphatic rings. The Morgan fingerprint density at radius 1 is 1.06 bits per heavy atom. The number of rotatable bonds is 7. The third kappa shape index (κ3) is 6.83. The molecule has 7 nitrogen and oxygen atoms in total. The first-order valence-corrected chi connectivity index (χ1v) is 11.0. The number of nitrogens with one attached hydrogen (secondary N) is 1. The summed E-state index contributed by atoms with van der Waals surface area (Å²) in [6, 6.07) is 14.4. The van der Waals surface area contributed by atoms with Gasteiger partial charge >= 0.3 is 6.16 Å². The third-order valence-electron chi connectivity index (χ3n) is 5.54. The van der Waals surface area contributed by atoms with Gasteiger partial charge in [0.2, 0.25) is 5.91 Å². The zero-order chi connectivity index (χ0) is 22.9. The molecule has 0 radical (unpaired) electrons. The summed E-state index contributed by atoms with van der Waals surface area (Å²) in [5, 5.41) is 2.96. The van der Waals surface area contributed by atoms with Gasteiger partial charge in [-0.05, 0) is 62.4 Å². The van der Waals surface area contributed by atoms with E-state index in [9.17, 15) is 14.4 Å². The summed E-state index contributed by atoms with van der Waals surface area (Å²) >= 11 is 0. The predicted octanol–water partition coefficient (Wildman–Crippen LogP) is 3.74. The average Bonchev–Trinajstić information content (AvgIpc) is 2.78. The molecule has 1 N–H and O–H groups in total. The molecule has 1 saturated heterocycles. The maximum Gasteiger partial charge on any atom is 0.513 e. The Morgan fingerprint density at radius 3 is 2.44 bits per heavy atom. The first kappa shape index (κ1) is 23.3. The van der Waals surface area contributed by atoms with Crippen molar-refractivity contribution in [3.05, 3.63) is 65.2 Å². The van der Waals surface area contributed by atoms with Crippen LogP contribution in [0.1, 0.15) is 41.3 Å². The van der Waals surface area contributed by atoms with Crippen LogP contribution in [0.25, 0.3) is 0 Å². The number of aryl methyl sites for hydroxylation is 1. The largest absolute Gasteiger partial charge is 0.513 e. The van der Waals surface area contributed by atoms with E-state index < -0.39 is 6.16 Å². The SMILES string of the molecule is CCOC(=O)Oc1ccc(C(=O)NCC2CCN(C(=O)Cc3cccc(C)c3)CC2)cc1. The second kappa shape index (κ2) is 11.3. The van der Waals surface area contributed by atoms with Crippen LogP contribution in [0.5, 0.6) is 5.75 Å². The Bertz CT molecular complexity index is 934. The average molecular weight is 439 g/mol. The van der Waals surface area contributed by atoms with Gasteiger partial charge in [0.1, 0.15) is 5.75 Å². The van der Waals surface area contributed by atoms with Gasteiger partial charge < -0.3 is 19.7 Å². The Hall–Kier alpha value is -3.35. The van der Waals surface area contributed by atoms with E-state index in [1.54, 1.807) is 31.2 Å². The fourth-order valence-electron chi connectivity index (χ4n) is 3.75. The number of hydrogen-bond acceptors (Lipinski definition) is 5. The lowest BCUT2D eigenvalue weighted by atomic mass is 9.96. The lowest BCUT2D eigenvalue weighted by Gasteiger charge is -2.32. The normalized spacial score (nSPS) is 14.0. The van der Waals surface area contributed by atoms with Crippen molar-refractivity contribution in [3.63, 3.8) is 0 Å². The van der Waals surface area contributed by atoms with Gasteiger partial charge in [0.25, 0.3) is 5.91 Å². The maximum atomic E-state index is 12.6. The van der Waals surface area contributed by atoms with Gasteiger partial charge in [-0.25, -0.2) is 4.79 Å². The molecule has 2 amide bonds. The van der Waals surface area contributed by atoms with Gasteiger partial charge in [-0.1, -0.05) is 29.8 Å². The number of ether oxygens (including phenoxy) is 2. The molecule has 3 rings (SSSR count). The molecule has 0 saturated carbocycles. The second-order valence-electron chi connectivity index (χ2n) is 8.01. The molecule has 0 bridgehead atoms. The van der Waals surface area contributed by atoms with E-state index in [2.05, 4.69) is 11.4 Å². The van der Waals surface area contributed by atoms with E-state index in [-0.39, 0.29) is 18.4 Å². The fraction of sp³-hybridized carbons (Fsp3) is 0.400. The Balaban J connectivity index is 1.40. The highest BCUT2D eigenvalue weighted by Gasteiger charge is 2.23. The highest BCUT2D eigenvalue weighted by molar-refractivity contribution is 5.94. The quantitative estimate of drug-likeness (QED) is 0.526. The molecule has 2 aromatic carbocycles. The van der Waals surface area contributed by atoms with Crippen molar-refractivity contribution in [2.24, 2.45) is 5.92 Å². The van der Waals surface area contributed by atoms with Gasteiger partial charge in [0.05, 0.1) is 13.0 Å². The summed E-state index contributed by atoms with van der Waals surface area (Å²) in [6.07, 6.45) is 1.39. The predicted molar refractivity (Wildman–Crippen MR) is 121 cm³/mol. The minimum absolute atomic E-state index is 0.156. The van der Waals surface area contributed by atoms with Crippen LogP contribution in [0.3, 0.4) is 0 Å². The van der Waals surface area contributed by atoms with Crippen LogP contribution in [0.15, 0.2) is 48.5 Å². The van der Waals surface area contributed by atoms with E-state index >= 15 is 0 Å². The number of amides is 2. The molecule has 0 atom stereocenters. The molecule has 2 aromatic rings. The van der Waals surface area contributed by atoms with Crippen LogP contribution in [-0.2, 0) is 16.0 Å². The molecule has 0 spiro atoms. The van der Waals surface area contributed by atoms with Gasteiger partial charge in [-0.2, -0.15) is 0 Å². The molecule has 0 aromatic heterocycles. The summed E-state index contributed by atoms with van der Waals surface area (Å²) in [5.74, 6) is 0.643. The molecule has 1 fully saturated rings. The Labute approximate surface area is 188 Å². The van der Waals surface area contributed by atoms with Crippen molar-refractivity contribution in [1.29, 1.82) is 0 Å². The van der Waals surface area contributed by atoms with Crippen LogP contribution >= 0.6 is 0 Å². The lowest BCUT2D eigenvalue weighted by Crippen LogP contribution is -2.42. The number of hydrogen-bond donors (Lipinski definition) is 1. The van der Waals surface area contributed by atoms with Gasteiger partial charge in [-0.3, -0.25) is 9.59 Å². The van der Waals surface area contributed by atoms with Crippen molar-refractivity contribution in [1.82, 2.24) is 10.2 Å². The van der Waals surface area contributed by atoms with Crippen molar-refractivity contribution in [3.8, 4) is 5.75 Å². The topological polar surface area (TPSA) is 84.9 Å². The molecule has 1 heterocycles. The lowest BCUT2D eigenvalue weighted by molar-refractivity contribution is -0.131. The van der Waals surface area contributed by atoms with E-state index in [0.717, 1.165) is 24.0 Å². The van der Waals surface area contributed by atoms with Gasteiger partial charge in [0, 0.05) is 25.2 Å². The number of nitrogens with zero attached hydrogens (tertiary/aromatic N) is 1. The summed E-state index contributed by atoms with van der Waals surface area (Å²) in [5.41, 5.74) is 2.70. The van der Waals surface area contributed by atoms with E-state index in [0.29, 0.717) is 43.3 Å². The monoisotopic (exact) mass is 438 g/mol. The fourth-order valence-corrected chi connectivity index (χ4v) is 3.75. The third-order valence-corrected chi connectivity index (χ3v) is 5.54. The van der Waals surface area contributed by atoms with Crippen molar-refractivity contribution in [2.45, 2.75) is 33.1 Å². The van der Waals surface area contributed by atoms with Crippen LogP contribution in [0.2, 0.25) is 0 Å². The van der Waals surface area contributed by atoms with Crippen LogP contribution < -0.4 is 10.1 Å². The van der Waals surface area contributed by atoms with Crippen molar-refractivity contribution < 1.29 is 23.9 Å². The first-order valence-electron chi connectivity index (χ1n) is 11.0. The van der Waals surface area contributed by atoms with E-state index in [1.165, 1.54) is 0 Å². The highest BCUT2D eigenvalue weighted by atomic mass is 16.7. The van der Waals surface area contributed by atoms with Crippen LogP contribution in [-0.4, -0.2) is 49.1 Å². The van der Waals surface area contributed by atoms with Crippen LogP contribution in [0.4, 0.5) is 4.79 Å². The zero-order valence-electron chi connectivity index (χ0n) is 18.6. The minimum atomic E-state index is -0.770. The minimum Gasteiger partial charge on any atom is -0.434 e. The van der Waals surface area contributed by atoms with Crippen molar-refractivity contribution >= 4 is 18.0 Å². The molecular weight excluding hydrogens is 408 g/mol. The number of likely N-dealkylation sites (tertiary alicyclic amines) is 1. The van der Waals surface area contributed by atoms with Gasteiger partial charge in [0.15, 0.2) is 0 Å². The smallest absolute Gasteiger partial charge is 0.434 e. The Kier molecular flexibility index (Phi) is 8.25. The van der Waals surface area contributed by atoms with E-state index in [1.807, 2.05) is 30.0 Å². The molecule has 32 heavy (non-hydrogen) atoms. The Morgan fingerprint density at radius 2 is 1.78 bits per heavy atom. The summed E-state index contributed by atoms with van der Waals surface area (Å²) < 4.78 is 9.71. The van der Waals surface area contributed by atoms with Crippen molar-refractivity contribution in [2.75, 3.05) is 26.2 Å². The molecular formula is C25H30N2O5. The first-order chi connectivity index (χ1) is 15.4. The van der Waals surface area contributed by atoms with Crippen LogP contribution in [0, 0.1) is 12.8 Å². The second-order valence-corrected chi connectivity index (χ2v) is 8.01. The molecule has 170 valence electrons. The molecule has 0 aliphatic carbocycles. The molecule has 1 aliphatic heterocycles. The molecule has 7 heteroatoms. The summed E-state index contributed by atoms with van der Waals surface area (Å²) in [7, 11) is 0.